The molecule has 2 aromatic rings. The average Bonchev–Trinajstić information content (AvgIpc) is 3.35. The van der Waals surface area contributed by atoms with Gasteiger partial charge in [0.2, 0.25) is 0 Å². The van der Waals surface area contributed by atoms with Crippen LogP contribution >= 0.6 is 0 Å². The van der Waals surface area contributed by atoms with Crippen molar-refractivity contribution in [3.63, 3.8) is 0 Å². The predicted molar refractivity (Wildman–Crippen MR) is 104 cm³/mol. The lowest BCUT2D eigenvalue weighted by Crippen LogP contribution is -2.27. The Bertz CT molecular complexity index is 846. The molecule has 2 aromatic carbocycles. The van der Waals surface area contributed by atoms with Gasteiger partial charge < -0.3 is 15.4 Å². The minimum absolute atomic E-state index is 0.136. The summed E-state index contributed by atoms with van der Waals surface area (Å²) in [5, 5.41) is 5.72. The predicted octanol–water partition coefficient (Wildman–Crippen LogP) is 3.79. The number of hydrogen-bond acceptors (Lipinski definition) is 3. The normalized spacial score (nSPS) is 17.0. The summed E-state index contributed by atoms with van der Waals surface area (Å²) in [6, 6.07) is 14.5. The first kappa shape index (κ1) is 17.4. The third-order valence-corrected chi connectivity index (χ3v) is 5.01. The SMILES string of the molecule is O=C(Nc1ccccc1OC1CCCC1)c1cccc(N2CCNC2=O)c1. The zero-order valence-corrected chi connectivity index (χ0v) is 15.1. The van der Waals surface area contributed by atoms with E-state index in [0.717, 1.165) is 12.8 Å². The van der Waals surface area contributed by atoms with Crippen molar-refractivity contribution in [2.75, 3.05) is 23.3 Å². The van der Waals surface area contributed by atoms with Crippen molar-refractivity contribution in [2.45, 2.75) is 31.8 Å². The number of benzene rings is 2. The fraction of sp³-hybridized carbons (Fsp3) is 0.333. The summed E-state index contributed by atoms with van der Waals surface area (Å²) in [6.07, 6.45) is 4.72. The van der Waals surface area contributed by atoms with Crippen LogP contribution in [-0.2, 0) is 0 Å². The van der Waals surface area contributed by atoms with Gasteiger partial charge in [-0.2, -0.15) is 0 Å². The van der Waals surface area contributed by atoms with Crippen LogP contribution < -0.4 is 20.3 Å². The first-order valence-electron chi connectivity index (χ1n) is 9.43. The van der Waals surface area contributed by atoms with Gasteiger partial charge in [0.05, 0.1) is 11.8 Å². The number of anilines is 2. The van der Waals surface area contributed by atoms with Crippen molar-refractivity contribution in [3.8, 4) is 5.75 Å². The van der Waals surface area contributed by atoms with Crippen LogP contribution in [0.15, 0.2) is 48.5 Å². The maximum absolute atomic E-state index is 12.8. The topological polar surface area (TPSA) is 70.7 Å². The van der Waals surface area contributed by atoms with E-state index in [2.05, 4.69) is 10.6 Å². The number of nitrogens with zero attached hydrogens (tertiary/aromatic N) is 1. The highest BCUT2D eigenvalue weighted by Crippen LogP contribution is 2.30. The second kappa shape index (κ2) is 7.70. The molecule has 4 rings (SSSR count). The van der Waals surface area contributed by atoms with Crippen LogP contribution in [0, 0.1) is 0 Å². The number of urea groups is 1. The molecular formula is C21H23N3O3. The number of carbonyl (C=O) groups is 2. The van der Waals surface area contributed by atoms with Crippen LogP contribution in [-0.4, -0.2) is 31.1 Å². The van der Waals surface area contributed by atoms with E-state index in [9.17, 15) is 9.59 Å². The fourth-order valence-corrected chi connectivity index (χ4v) is 3.59. The molecule has 2 aliphatic rings. The van der Waals surface area contributed by atoms with Crippen LogP contribution in [0.3, 0.4) is 0 Å². The van der Waals surface area contributed by atoms with E-state index < -0.39 is 0 Å². The van der Waals surface area contributed by atoms with Crippen molar-refractivity contribution in [1.82, 2.24) is 5.32 Å². The van der Waals surface area contributed by atoms with Gasteiger partial charge in [-0.1, -0.05) is 18.2 Å². The van der Waals surface area contributed by atoms with Gasteiger partial charge in [0.25, 0.3) is 5.91 Å². The monoisotopic (exact) mass is 365 g/mol. The number of para-hydroxylation sites is 2. The highest BCUT2D eigenvalue weighted by atomic mass is 16.5. The lowest BCUT2D eigenvalue weighted by atomic mass is 10.1. The second-order valence-electron chi connectivity index (χ2n) is 6.91. The van der Waals surface area contributed by atoms with Crippen LogP contribution in [0.25, 0.3) is 0 Å². The molecule has 1 aliphatic heterocycles. The molecule has 6 heteroatoms. The summed E-state index contributed by atoms with van der Waals surface area (Å²) >= 11 is 0. The number of carbonyl (C=O) groups excluding carboxylic acids is 2. The third kappa shape index (κ3) is 3.89. The Hall–Kier alpha value is -3.02. The van der Waals surface area contributed by atoms with Gasteiger partial charge >= 0.3 is 6.03 Å². The fourth-order valence-electron chi connectivity index (χ4n) is 3.59. The summed E-state index contributed by atoms with van der Waals surface area (Å²) in [5.41, 5.74) is 1.88. The molecule has 6 nitrogen and oxygen atoms in total. The molecule has 0 radical (unpaired) electrons. The van der Waals surface area contributed by atoms with Gasteiger partial charge in [0.1, 0.15) is 5.75 Å². The van der Waals surface area contributed by atoms with Crippen molar-refractivity contribution in [2.24, 2.45) is 0 Å². The molecule has 0 aromatic heterocycles. The summed E-state index contributed by atoms with van der Waals surface area (Å²) in [5.74, 6) is 0.478. The van der Waals surface area contributed by atoms with E-state index in [4.69, 9.17) is 4.74 Å². The van der Waals surface area contributed by atoms with E-state index >= 15 is 0 Å². The van der Waals surface area contributed by atoms with Gasteiger partial charge in [-0.25, -0.2) is 4.79 Å². The van der Waals surface area contributed by atoms with E-state index in [0.29, 0.717) is 35.8 Å². The first-order chi connectivity index (χ1) is 13.2. The molecule has 0 bridgehead atoms. The number of ether oxygens (including phenoxy) is 1. The van der Waals surface area contributed by atoms with Crippen molar-refractivity contribution in [3.05, 3.63) is 54.1 Å². The largest absolute Gasteiger partial charge is 0.488 e. The smallest absolute Gasteiger partial charge is 0.321 e. The Kier molecular flexibility index (Phi) is 4.96. The summed E-state index contributed by atoms with van der Waals surface area (Å²) in [7, 11) is 0. The molecule has 2 fully saturated rings. The van der Waals surface area contributed by atoms with Crippen LogP contribution in [0.2, 0.25) is 0 Å². The molecule has 3 amide bonds. The average molecular weight is 365 g/mol. The molecule has 140 valence electrons. The van der Waals surface area contributed by atoms with Crippen molar-refractivity contribution >= 4 is 23.3 Å². The Morgan fingerprint density at radius 2 is 1.93 bits per heavy atom. The number of rotatable bonds is 5. The summed E-state index contributed by atoms with van der Waals surface area (Å²) < 4.78 is 6.09. The molecule has 1 saturated carbocycles. The summed E-state index contributed by atoms with van der Waals surface area (Å²) in [6.45, 7) is 1.21. The van der Waals surface area contributed by atoms with E-state index in [1.54, 1.807) is 23.1 Å². The Morgan fingerprint density at radius 3 is 2.70 bits per heavy atom. The van der Waals surface area contributed by atoms with Crippen molar-refractivity contribution in [1.29, 1.82) is 0 Å². The van der Waals surface area contributed by atoms with Gasteiger partial charge in [-0.15, -0.1) is 0 Å². The zero-order valence-electron chi connectivity index (χ0n) is 15.1. The van der Waals surface area contributed by atoms with Crippen molar-refractivity contribution < 1.29 is 14.3 Å². The standard InChI is InChI=1S/C21H23N3O3/c25-20(15-6-5-7-16(14-15)24-13-12-22-21(24)26)23-18-10-3-4-11-19(18)27-17-8-1-2-9-17/h3-7,10-11,14,17H,1-2,8-9,12-13H2,(H,22,26)(H,23,25). The van der Waals surface area contributed by atoms with Gasteiger partial charge in [-0.05, 0) is 56.0 Å². The molecule has 0 unspecified atom stereocenters. The highest BCUT2D eigenvalue weighted by Gasteiger charge is 2.22. The zero-order chi connectivity index (χ0) is 18.6. The minimum atomic E-state index is -0.223. The van der Waals surface area contributed by atoms with Crippen LogP contribution in [0.5, 0.6) is 5.75 Å². The minimum Gasteiger partial charge on any atom is -0.488 e. The number of hydrogen-bond donors (Lipinski definition) is 2. The molecule has 0 spiro atoms. The molecule has 1 saturated heterocycles. The number of amides is 3. The highest BCUT2D eigenvalue weighted by molar-refractivity contribution is 6.06. The third-order valence-electron chi connectivity index (χ3n) is 5.01. The van der Waals surface area contributed by atoms with E-state index in [1.807, 2.05) is 30.3 Å². The Balaban J connectivity index is 1.50. The maximum Gasteiger partial charge on any atom is 0.321 e. The maximum atomic E-state index is 12.8. The van der Waals surface area contributed by atoms with Gasteiger partial charge in [0, 0.05) is 24.3 Å². The molecule has 2 N–H and O–H groups in total. The first-order valence-corrected chi connectivity index (χ1v) is 9.43. The molecular weight excluding hydrogens is 342 g/mol. The molecule has 1 heterocycles. The lowest BCUT2D eigenvalue weighted by molar-refractivity contribution is 0.102. The van der Waals surface area contributed by atoms with Crippen LogP contribution in [0.1, 0.15) is 36.0 Å². The lowest BCUT2D eigenvalue weighted by Gasteiger charge is -2.17. The van der Waals surface area contributed by atoms with Gasteiger partial charge in [-0.3, -0.25) is 9.69 Å². The van der Waals surface area contributed by atoms with Crippen LogP contribution in [0.4, 0.5) is 16.2 Å². The molecule has 1 aliphatic carbocycles. The van der Waals surface area contributed by atoms with E-state index in [-0.39, 0.29) is 18.0 Å². The summed E-state index contributed by atoms with van der Waals surface area (Å²) in [4.78, 5) is 26.3. The Morgan fingerprint density at radius 1 is 1.11 bits per heavy atom. The van der Waals surface area contributed by atoms with Gasteiger partial charge in [0.15, 0.2) is 0 Å². The second-order valence-corrected chi connectivity index (χ2v) is 6.91. The molecule has 0 atom stereocenters. The number of nitrogens with one attached hydrogen (secondary N) is 2. The molecule has 27 heavy (non-hydrogen) atoms. The quantitative estimate of drug-likeness (QED) is 0.847. The Labute approximate surface area is 158 Å². The van der Waals surface area contributed by atoms with E-state index in [1.165, 1.54) is 12.8 Å².